The summed E-state index contributed by atoms with van der Waals surface area (Å²) in [5, 5.41) is -0.829. The van der Waals surface area contributed by atoms with Crippen LogP contribution in [0, 0.1) is 0 Å². The molecule has 0 aliphatic carbocycles. The van der Waals surface area contributed by atoms with E-state index in [2.05, 4.69) is 4.74 Å². The average molecular weight is 268 g/mol. The van der Waals surface area contributed by atoms with Crippen molar-refractivity contribution in [3.05, 3.63) is 0 Å². The lowest BCUT2D eigenvalue weighted by Gasteiger charge is -2.19. The molecule has 1 unspecified atom stereocenters. The highest BCUT2D eigenvalue weighted by Gasteiger charge is 2.35. The molecule has 16 heavy (non-hydrogen) atoms. The highest BCUT2D eigenvalue weighted by atomic mass is 33.1. The first kappa shape index (κ1) is 15.4. The molecule has 0 aromatic rings. The summed E-state index contributed by atoms with van der Waals surface area (Å²) in [5.74, 6) is -0.502. The number of esters is 1. The van der Waals surface area contributed by atoms with Crippen molar-refractivity contribution >= 4 is 31.9 Å². The van der Waals surface area contributed by atoms with Gasteiger partial charge in [-0.2, -0.15) is 0 Å². The number of carbonyl (C=O) groups excluding carboxylic acids is 2. The normalized spacial score (nSPS) is 13.0. The Labute approximate surface area is 101 Å². The molecule has 0 radical (unpaired) electrons. The quantitative estimate of drug-likeness (QED) is 0.560. The lowest BCUT2D eigenvalue weighted by atomic mass is 10.2. The Morgan fingerprint density at radius 2 is 1.69 bits per heavy atom. The van der Waals surface area contributed by atoms with Crippen LogP contribution >= 0.6 is 10.8 Å². The van der Waals surface area contributed by atoms with Crippen LogP contribution in [0.4, 0.5) is 4.79 Å². The Morgan fingerprint density at radius 1 is 1.19 bits per heavy atom. The van der Waals surface area contributed by atoms with Crippen LogP contribution in [0.1, 0.15) is 27.7 Å². The van der Waals surface area contributed by atoms with Crippen molar-refractivity contribution < 1.29 is 23.3 Å². The predicted octanol–water partition coefficient (Wildman–Crippen LogP) is 1.88. The highest BCUT2D eigenvalue weighted by Crippen LogP contribution is 2.30. The monoisotopic (exact) mass is 268 g/mol. The van der Waals surface area contributed by atoms with Crippen molar-refractivity contribution in [3.8, 4) is 0 Å². The van der Waals surface area contributed by atoms with E-state index < -0.39 is 25.8 Å². The summed E-state index contributed by atoms with van der Waals surface area (Å²) < 4.78 is 19.8. The summed E-state index contributed by atoms with van der Waals surface area (Å²) in [7, 11) is -1.18. The van der Waals surface area contributed by atoms with Gasteiger partial charge in [0.05, 0.1) is 13.2 Å². The van der Waals surface area contributed by atoms with Gasteiger partial charge in [0, 0.05) is 0 Å². The summed E-state index contributed by atoms with van der Waals surface area (Å²) in [4.78, 5) is 22.6. The first-order valence-corrected chi connectivity index (χ1v) is 7.28. The van der Waals surface area contributed by atoms with Gasteiger partial charge >= 0.3 is 11.3 Å². The van der Waals surface area contributed by atoms with Gasteiger partial charge in [-0.05, 0) is 38.5 Å². The van der Waals surface area contributed by atoms with Crippen LogP contribution in [0.25, 0.3) is 0 Å². The van der Waals surface area contributed by atoms with Crippen LogP contribution in [-0.2, 0) is 24.1 Å². The van der Waals surface area contributed by atoms with Crippen LogP contribution in [-0.4, -0.2) is 33.4 Å². The number of ether oxygens (including phenoxy) is 2. The van der Waals surface area contributed by atoms with Crippen LogP contribution in [0.2, 0.25) is 0 Å². The van der Waals surface area contributed by atoms with Gasteiger partial charge < -0.3 is 9.47 Å². The third kappa shape index (κ3) is 4.98. The zero-order valence-electron chi connectivity index (χ0n) is 9.77. The standard InChI is InChI=1S/C9H16O5S2/c1-5-13-7(10)9(3,4)15-16(12)8(11)14-6-2/h5-6H2,1-4H3. The molecule has 0 saturated heterocycles. The Morgan fingerprint density at radius 3 is 2.12 bits per heavy atom. The molecule has 0 bridgehead atoms. The van der Waals surface area contributed by atoms with Gasteiger partial charge in [-0.25, -0.2) is 9.00 Å². The van der Waals surface area contributed by atoms with Gasteiger partial charge in [-0.3, -0.25) is 4.79 Å². The molecule has 1 atom stereocenters. The average Bonchev–Trinajstić information content (AvgIpc) is 2.17. The lowest BCUT2D eigenvalue weighted by molar-refractivity contribution is -0.145. The van der Waals surface area contributed by atoms with Crippen molar-refractivity contribution in [1.82, 2.24) is 0 Å². The SMILES string of the molecule is CCOC(=O)S(=O)SC(C)(C)C(=O)OCC. The lowest BCUT2D eigenvalue weighted by Crippen LogP contribution is -2.31. The zero-order chi connectivity index (χ0) is 12.8. The minimum atomic E-state index is -1.90. The minimum absolute atomic E-state index is 0.158. The smallest absolute Gasteiger partial charge is 0.408 e. The topological polar surface area (TPSA) is 69.7 Å². The van der Waals surface area contributed by atoms with Crippen LogP contribution in [0.3, 0.4) is 0 Å². The maximum atomic E-state index is 11.5. The Balaban J connectivity index is 4.41. The van der Waals surface area contributed by atoms with E-state index in [0.29, 0.717) is 0 Å². The van der Waals surface area contributed by atoms with Crippen molar-refractivity contribution in [3.63, 3.8) is 0 Å². The van der Waals surface area contributed by atoms with Gasteiger partial charge in [0.2, 0.25) is 0 Å². The van der Waals surface area contributed by atoms with E-state index in [9.17, 15) is 13.8 Å². The fourth-order valence-electron chi connectivity index (χ4n) is 0.728. The van der Waals surface area contributed by atoms with Crippen molar-refractivity contribution in [2.75, 3.05) is 13.2 Å². The fraction of sp³-hybridized carbons (Fsp3) is 0.778. The third-order valence-corrected chi connectivity index (χ3v) is 4.69. The minimum Gasteiger partial charge on any atom is -0.465 e. The first-order chi connectivity index (χ1) is 7.35. The van der Waals surface area contributed by atoms with Crippen molar-refractivity contribution in [2.45, 2.75) is 32.4 Å². The fourth-order valence-corrected chi connectivity index (χ4v) is 3.20. The summed E-state index contributed by atoms with van der Waals surface area (Å²) in [5.41, 5.74) is 0. The van der Waals surface area contributed by atoms with Gasteiger partial charge in [0.15, 0.2) is 9.83 Å². The largest absolute Gasteiger partial charge is 0.465 e. The van der Waals surface area contributed by atoms with Crippen LogP contribution in [0.15, 0.2) is 0 Å². The first-order valence-electron chi connectivity index (χ1n) is 4.80. The van der Waals surface area contributed by atoms with E-state index in [1.54, 1.807) is 27.7 Å². The molecule has 5 nitrogen and oxygen atoms in total. The predicted molar refractivity (Wildman–Crippen MR) is 63.5 cm³/mol. The van der Waals surface area contributed by atoms with E-state index in [4.69, 9.17) is 4.74 Å². The second kappa shape index (κ2) is 6.90. The number of rotatable bonds is 5. The van der Waals surface area contributed by atoms with Gasteiger partial charge in [0.1, 0.15) is 4.75 Å². The van der Waals surface area contributed by atoms with E-state index in [1.165, 1.54) is 0 Å². The summed E-state index contributed by atoms with van der Waals surface area (Å²) in [6.07, 6.45) is 0. The van der Waals surface area contributed by atoms with Gasteiger partial charge in [0.25, 0.3) is 0 Å². The molecule has 7 heteroatoms. The number of hydrogen-bond donors (Lipinski definition) is 0. The van der Waals surface area contributed by atoms with E-state index in [1.807, 2.05) is 0 Å². The van der Waals surface area contributed by atoms with E-state index in [-0.39, 0.29) is 13.2 Å². The van der Waals surface area contributed by atoms with Gasteiger partial charge in [-0.1, -0.05) is 0 Å². The second-order valence-electron chi connectivity index (χ2n) is 3.23. The molecule has 0 aromatic carbocycles. The Bertz CT molecular complexity index is 288. The van der Waals surface area contributed by atoms with Crippen molar-refractivity contribution in [2.24, 2.45) is 0 Å². The molecule has 0 N–H and O–H groups in total. The summed E-state index contributed by atoms with van der Waals surface area (Å²) >= 11 is 0. The molecule has 0 heterocycles. The highest BCUT2D eigenvalue weighted by molar-refractivity contribution is 8.74. The molecule has 0 aromatic heterocycles. The molecule has 0 aliphatic rings. The summed E-state index contributed by atoms with van der Waals surface area (Å²) in [6.45, 7) is 6.80. The van der Waals surface area contributed by atoms with Crippen molar-refractivity contribution in [1.29, 1.82) is 0 Å². The van der Waals surface area contributed by atoms with Gasteiger partial charge in [-0.15, -0.1) is 0 Å². The maximum Gasteiger partial charge on any atom is 0.408 e. The molecular weight excluding hydrogens is 252 g/mol. The van der Waals surface area contributed by atoms with Crippen LogP contribution in [0.5, 0.6) is 0 Å². The molecule has 0 rings (SSSR count). The molecule has 0 aliphatic heterocycles. The van der Waals surface area contributed by atoms with Crippen LogP contribution < -0.4 is 0 Å². The van der Waals surface area contributed by atoms with E-state index >= 15 is 0 Å². The molecule has 0 amide bonds. The number of carbonyl (C=O) groups is 2. The molecule has 0 fully saturated rings. The molecule has 94 valence electrons. The Hall–Kier alpha value is -0.560. The number of hydrogen-bond acceptors (Lipinski definition) is 6. The third-order valence-electron chi connectivity index (χ3n) is 1.45. The molecule has 0 saturated carbocycles. The second-order valence-corrected chi connectivity index (χ2v) is 6.63. The van der Waals surface area contributed by atoms with E-state index in [0.717, 1.165) is 10.8 Å². The molecular formula is C9H16O5S2. The molecule has 0 spiro atoms. The Kier molecular flexibility index (Phi) is 6.66. The zero-order valence-corrected chi connectivity index (χ0v) is 11.4. The summed E-state index contributed by atoms with van der Waals surface area (Å²) in [6, 6.07) is 0. The maximum absolute atomic E-state index is 11.5.